The summed E-state index contributed by atoms with van der Waals surface area (Å²) in [4.78, 5) is 18.1. The summed E-state index contributed by atoms with van der Waals surface area (Å²) >= 11 is 1.35. The van der Waals surface area contributed by atoms with Crippen LogP contribution < -0.4 is 5.32 Å². The van der Waals surface area contributed by atoms with Crippen LogP contribution in [-0.2, 0) is 6.42 Å². The first kappa shape index (κ1) is 13.4. The number of nitrogens with one attached hydrogen (secondary N) is 1. The lowest BCUT2D eigenvalue weighted by Crippen LogP contribution is -2.33. The summed E-state index contributed by atoms with van der Waals surface area (Å²) in [6.45, 7) is 0.750. The minimum atomic E-state index is 0.0252. The topological polar surface area (TPSA) is 68.5 Å². The number of thioether (sulfide) groups is 1. The number of rotatable bonds is 1. The Labute approximate surface area is 116 Å². The molecule has 0 fully saturated rings. The summed E-state index contributed by atoms with van der Waals surface area (Å²) in [6.07, 6.45) is 4.54. The second kappa shape index (κ2) is 5.76. The van der Waals surface area contributed by atoms with Gasteiger partial charge in [-0.05, 0) is 30.4 Å². The summed E-state index contributed by atoms with van der Waals surface area (Å²) in [6, 6.07) is 5.58. The van der Waals surface area contributed by atoms with Crippen LogP contribution in [0.4, 0.5) is 5.69 Å². The van der Waals surface area contributed by atoms with Crippen molar-refractivity contribution in [1.29, 1.82) is 5.26 Å². The van der Waals surface area contributed by atoms with E-state index in [4.69, 9.17) is 5.26 Å². The van der Waals surface area contributed by atoms with Gasteiger partial charge in [0.2, 0.25) is 0 Å². The van der Waals surface area contributed by atoms with Crippen LogP contribution in [0.15, 0.2) is 23.2 Å². The largest absolute Gasteiger partial charge is 0.341 e. The molecule has 0 bridgehead atoms. The van der Waals surface area contributed by atoms with E-state index in [1.165, 1.54) is 11.8 Å². The van der Waals surface area contributed by atoms with Crippen LogP contribution in [0.5, 0.6) is 0 Å². The number of fused-ring (bicyclic) bond motifs is 1. The molecule has 1 aromatic rings. The van der Waals surface area contributed by atoms with E-state index in [1.807, 2.05) is 24.6 Å². The Balaban J connectivity index is 2.36. The smallest absolute Gasteiger partial charge is 0.253 e. The summed E-state index contributed by atoms with van der Waals surface area (Å²) in [7, 11) is 1.80. The van der Waals surface area contributed by atoms with Gasteiger partial charge in [-0.3, -0.25) is 10.1 Å². The van der Waals surface area contributed by atoms with Gasteiger partial charge in [0.25, 0.3) is 5.91 Å². The SMILES string of the molecule is CSC(=Nc1ccc2c(c1)C(=O)N(C)CC2)NC#N. The predicted molar refractivity (Wildman–Crippen MR) is 76.5 cm³/mol. The Morgan fingerprint density at radius 1 is 1.58 bits per heavy atom. The maximum absolute atomic E-state index is 12.1. The van der Waals surface area contributed by atoms with Crippen molar-refractivity contribution in [2.45, 2.75) is 6.42 Å². The lowest BCUT2D eigenvalue weighted by molar-refractivity contribution is 0.0781. The average molecular weight is 274 g/mol. The van der Waals surface area contributed by atoms with Crippen molar-refractivity contribution in [2.24, 2.45) is 4.99 Å². The van der Waals surface area contributed by atoms with Gasteiger partial charge in [0.05, 0.1) is 5.69 Å². The van der Waals surface area contributed by atoms with Crippen LogP contribution in [0.3, 0.4) is 0 Å². The molecule has 2 rings (SSSR count). The van der Waals surface area contributed by atoms with Crippen molar-refractivity contribution < 1.29 is 4.79 Å². The van der Waals surface area contributed by atoms with Crippen LogP contribution in [0, 0.1) is 11.5 Å². The number of nitrogens with zero attached hydrogens (tertiary/aromatic N) is 3. The first-order chi connectivity index (χ1) is 9.15. The van der Waals surface area contributed by atoms with E-state index in [1.54, 1.807) is 18.0 Å². The van der Waals surface area contributed by atoms with Crippen LogP contribution in [0.25, 0.3) is 0 Å². The second-order valence-corrected chi connectivity index (χ2v) is 4.97. The number of carbonyl (C=O) groups excluding carboxylic acids is 1. The molecule has 6 heteroatoms. The number of benzene rings is 1. The molecular weight excluding hydrogens is 260 g/mol. The van der Waals surface area contributed by atoms with E-state index in [0.29, 0.717) is 16.4 Å². The number of likely N-dealkylation sites (N-methyl/N-ethyl adjacent to an activating group) is 1. The molecule has 0 atom stereocenters. The maximum Gasteiger partial charge on any atom is 0.253 e. The van der Waals surface area contributed by atoms with Crippen LogP contribution in [0.1, 0.15) is 15.9 Å². The molecule has 0 saturated carbocycles. The Morgan fingerprint density at radius 3 is 3.05 bits per heavy atom. The molecule has 98 valence electrons. The molecule has 0 aliphatic carbocycles. The van der Waals surface area contributed by atoms with Crippen LogP contribution in [0.2, 0.25) is 0 Å². The van der Waals surface area contributed by atoms with Gasteiger partial charge in [-0.1, -0.05) is 17.8 Å². The molecule has 0 radical (unpaired) electrons. The van der Waals surface area contributed by atoms with E-state index in [2.05, 4.69) is 10.3 Å². The lowest BCUT2D eigenvalue weighted by atomic mass is 9.99. The Bertz CT molecular complexity index is 576. The zero-order chi connectivity index (χ0) is 13.8. The molecule has 1 N–H and O–H groups in total. The highest BCUT2D eigenvalue weighted by atomic mass is 32.2. The Morgan fingerprint density at radius 2 is 2.37 bits per heavy atom. The van der Waals surface area contributed by atoms with Gasteiger partial charge in [0.1, 0.15) is 0 Å². The van der Waals surface area contributed by atoms with E-state index in [0.717, 1.165) is 18.5 Å². The molecule has 1 heterocycles. The molecule has 5 nitrogen and oxygen atoms in total. The van der Waals surface area contributed by atoms with Gasteiger partial charge in [0.15, 0.2) is 11.4 Å². The summed E-state index contributed by atoms with van der Waals surface area (Å²) < 4.78 is 0. The van der Waals surface area contributed by atoms with Gasteiger partial charge in [0, 0.05) is 19.2 Å². The predicted octanol–water partition coefficient (Wildman–Crippen LogP) is 1.74. The van der Waals surface area contributed by atoms with Crippen molar-refractivity contribution >= 4 is 28.5 Å². The highest BCUT2D eigenvalue weighted by Gasteiger charge is 2.21. The zero-order valence-electron chi connectivity index (χ0n) is 10.8. The normalized spacial score (nSPS) is 14.9. The third kappa shape index (κ3) is 2.88. The maximum atomic E-state index is 12.1. The summed E-state index contributed by atoms with van der Waals surface area (Å²) in [5, 5.41) is 11.6. The number of carbonyl (C=O) groups is 1. The number of hydrogen-bond acceptors (Lipinski definition) is 4. The van der Waals surface area contributed by atoms with Gasteiger partial charge >= 0.3 is 0 Å². The van der Waals surface area contributed by atoms with Crippen LogP contribution in [-0.4, -0.2) is 35.8 Å². The number of amides is 1. The van der Waals surface area contributed by atoms with Crippen molar-refractivity contribution in [3.63, 3.8) is 0 Å². The fourth-order valence-corrected chi connectivity index (χ4v) is 2.28. The monoisotopic (exact) mass is 274 g/mol. The molecule has 1 aliphatic rings. The zero-order valence-corrected chi connectivity index (χ0v) is 11.6. The number of aliphatic imine (C=N–C) groups is 1. The van der Waals surface area contributed by atoms with Crippen LogP contribution >= 0.6 is 11.8 Å². The molecule has 0 aromatic heterocycles. The summed E-state index contributed by atoms with van der Waals surface area (Å²) in [5.74, 6) is 0.0252. The number of nitriles is 1. The van der Waals surface area contributed by atoms with Gasteiger partial charge in [-0.25, -0.2) is 4.99 Å². The molecule has 19 heavy (non-hydrogen) atoms. The molecule has 1 amide bonds. The summed E-state index contributed by atoms with van der Waals surface area (Å²) in [5.41, 5.74) is 2.43. The van der Waals surface area contributed by atoms with Gasteiger partial charge in [-0.15, -0.1) is 0 Å². The standard InChI is InChI=1S/C13H14N4OS/c1-17-6-5-9-3-4-10(7-11(9)12(17)18)16-13(19-2)15-8-14/h3-4,7H,5-6H2,1-2H3,(H,15,16). The second-order valence-electron chi connectivity index (χ2n) is 4.18. The average Bonchev–Trinajstić information content (AvgIpc) is 2.43. The molecule has 1 aromatic carbocycles. The van der Waals surface area contributed by atoms with Crippen molar-refractivity contribution in [1.82, 2.24) is 10.2 Å². The minimum absolute atomic E-state index is 0.0252. The van der Waals surface area contributed by atoms with Crippen molar-refractivity contribution in [3.05, 3.63) is 29.3 Å². The van der Waals surface area contributed by atoms with Gasteiger partial charge in [-0.2, -0.15) is 5.26 Å². The first-order valence-corrected chi connectivity index (χ1v) is 7.04. The van der Waals surface area contributed by atoms with Crippen molar-refractivity contribution in [2.75, 3.05) is 19.8 Å². The highest BCUT2D eigenvalue weighted by molar-refractivity contribution is 8.13. The van der Waals surface area contributed by atoms with Gasteiger partial charge < -0.3 is 4.90 Å². The third-order valence-electron chi connectivity index (χ3n) is 2.97. The minimum Gasteiger partial charge on any atom is -0.341 e. The van der Waals surface area contributed by atoms with E-state index in [9.17, 15) is 4.79 Å². The fraction of sp³-hybridized carbons (Fsp3) is 0.308. The van der Waals surface area contributed by atoms with E-state index in [-0.39, 0.29) is 5.91 Å². The quantitative estimate of drug-likeness (QED) is 0.366. The molecular formula is C13H14N4OS. The number of amidine groups is 1. The Hall–Kier alpha value is -2.00. The molecule has 0 unspecified atom stereocenters. The van der Waals surface area contributed by atoms with Crippen molar-refractivity contribution in [3.8, 4) is 6.19 Å². The molecule has 1 aliphatic heterocycles. The molecule has 0 spiro atoms. The Kier molecular flexibility index (Phi) is 4.07. The van der Waals surface area contributed by atoms with E-state index < -0.39 is 0 Å². The number of hydrogen-bond donors (Lipinski definition) is 1. The fourth-order valence-electron chi connectivity index (χ4n) is 1.94. The third-order valence-corrected chi connectivity index (χ3v) is 3.55. The first-order valence-electron chi connectivity index (χ1n) is 5.82. The molecule has 0 saturated heterocycles. The lowest BCUT2D eigenvalue weighted by Gasteiger charge is -2.24. The van der Waals surface area contributed by atoms with E-state index >= 15 is 0 Å². The highest BCUT2D eigenvalue weighted by Crippen LogP contribution is 2.24.